The smallest absolute Gasteiger partial charge is 0.191 e. The molecule has 5 nitrogen and oxygen atoms in total. The third kappa shape index (κ3) is 7.56. The lowest BCUT2D eigenvalue weighted by atomic mass is 10.1. The first kappa shape index (κ1) is 21.1. The van der Waals surface area contributed by atoms with Crippen molar-refractivity contribution in [2.24, 2.45) is 4.99 Å². The van der Waals surface area contributed by atoms with Crippen molar-refractivity contribution in [2.75, 3.05) is 39.2 Å². The van der Waals surface area contributed by atoms with Crippen molar-refractivity contribution in [1.82, 2.24) is 10.6 Å². The summed E-state index contributed by atoms with van der Waals surface area (Å²) in [5.41, 5.74) is 2.40. The fourth-order valence-electron chi connectivity index (χ4n) is 2.93. The normalized spacial score (nSPS) is 20.3. The Morgan fingerprint density at radius 3 is 2.77 bits per heavy atom. The average Bonchev–Trinajstić information content (AvgIpc) is 3.09. The van der Waals surface area contributed by atoms with Gasteiger partial charge in [-0.2, -0.15) is 11.8 Å². The van der Waals surface area contributed by atoms with E-state index >= 15 is 0 Å². The maximum Gasteiger partial charge on any atom is 0.191 e. The van der Waals surface area contributed by atoms with Gasteiger partial charge in [0.2, 0.25) is 0 Å². The molecule has 1 saturated heterocycles. The average molecular weight is 380 g/mol. The first-order valence-corrected chi connectivity index (χ1v) is 10.5. The first-order valence-electron chi connectivity index (χ1n) is 9.47. The minimum Gasteiger partial charge on any atom is -0.379 e. The number of thioether (sulfide) groups is 1. The van der Waals surface area contributed by atoms with Crippen LogP contribution in [0.15, 0.2) is 29.3 Å². The minimum atomic E-state index is 0.330. The van der Waals surface area contributed by atoms with Gasteiger partial charge in [-0.25, -0.2) is 0 Å². The molecule has 0 spiro atoms. The molecule has 2 rings (SSSR count). The van der Waals surface area contributed by atoms with Gasteiger partial charge < -0.3 is 20.1 Å². The molecule has 0 saturated carbocycles. The van der Waals surface area contributed by atoms with Gasteiger partial charge in [0.1, 0.15) is 0 Å². The van der Waals surface area contributed by atoms with E-state index in [1.54, 1.807) is 0 Å². The van der Waals surface area contributed by atoms with Crippen LogP contribution >= 0.6 is 11.8 Å². The summed E-state index contributed by atoms with van der Waals surface area (Å²) in [5.74, 6) is 2.13. The van der Waals surface area contributed by atoms with Crippen LogP contribution in [0.4, 0.5) is 0 Å². The van der Waals surface area contributed by atoms with Crippen LogP contribution in [0.5, 0.6) is 0 Å². The summed E-state index contributed by atoms with van der Waals surface area (Å²) >= 11 is 2.06. The zero-order chi connectivity index (χ0) is 18.7. The van der Waals surface area contributed by atoms with Gasteiger partial charge in [-0.3, -0.25) is 4.99 Å². The SMILES string of the molecule is CCOCCOCc1cccc(CNC(=NC)NCC2(C)CCCS2)c1. The van der Waals surface area contributed by atoms with E-state index in [-0.39, 0.29) is 0 Å². The molecule has 0 aromatic heterocycles. The van der Waals surface area contributed by atoms with Crippen LogP contribution < -0.4 is 10.6 Å². The Kier molecular flexibility index (Phi) is 9.29. The van der Waals surface area contributed by atoms with Crippen molar-refractivity contribution in [3.63, 3.8) is 0 Å². The monoisotopic (exact) mass is 379 g/mol. The second-order valence-electron chi connectivity index (χ2n) is 6.75. The highest BCUT2D eigenvalue weighted by Crippen LogP contribution is 2.36. The quantitative estimate of drug-likeness (QED) is 0.371. The van der Waals surface area contributed by atoms with E-state index in [0.717, 1.165) is 25.7 Å². The Labute approximate surface area is 162 Å². The highest BCUT2D eigenvalue weighted by Gasteiger charge is 2.29. The van der Waals surface area contributed by atoms with Crippen LogP contribution in [-0.2, 0) is 22.6 Å². The second-order valence-corrected chi connectivity index (χ2v) is 8.43. The van der Waals surface area contributed by atoms with Gasteiger partial charge >= 0.3 is 0 Å². The third-order valence-corrected chi connectivity index (χ3v) is 5.99. The van der Waals surface area contributed by atoms with E-state index in [2.05, 4.69) is 58.6 Å². The lowest BCUT2D eigenvalue weighted by molar-refractivity contribution is 0.0453. The number of benzene rings is 1. The Balaban J connectivity index is 1.73. The Bertz CT molecular complexity index is 560. The topological polar surface area (TPSA) is 54.9 Å². The molecule has 0 radical (unpaired) electrons. The molecule has 1 aliphatic rings. The number of nitrogens with one attached hydrogen (secondary N) is 2. The molecule has 26 heavy (non-hydrogen) atoms. The van der Waals surface area contributed by atoms with Gasteiger partial charge in [0, 0.05) is 31.5 Å². The summed E-state index contributed by atoms with van der Waals surface area (Å²) in [4.78, 5) is 4.34. The molecule has 1 aliphatic heterocycles. The van der Waals surface area contributed by atoms with E-state index in [0.29, 0.717) is 24.6 Å². The van der Waals surface area contributed by atoms with E-state index < -0.39 is 0 Å². The van der Waals surface area contributed by atoms with E-state index in [1.165, 1.54) is 29.7 Å². The largest absolute Gasteiger partial charge is 0.379 e. The number of hydrogen-bond donors (Lipinski definition) is 2. The molecule has 2 N–H and O–H groups in total. The lowest BCUT2D eigenvalue weighted by Crippen LogP contribution is -2.43. The molecule has 1 aromatic rings. The molecule has 1 heterocycles. The molecular formula is C20H33N3O2S. The van der Waals surface area contributed by atoms with E-state index in [9.17, 15) is 0 Å². The van der Waals surface area contributed by atoms with Gasteiger partial charge in [0.25, 0.3) is 0 Å². The zero-order valence-corrected chi connectivity index (χ0v) is 17.2. The van der Waals surface area contributed by atoms with Crippen molar-refractivity contribution < 1.29 is 9.47 Å². The molecule has 0 aliphatic carbocycles. The number of nitrogens with zero attached hydrogens (tertiary/aromatic N) is 1. The van der Waals surface area contributed by atoms with Gasteiger partial charge in [-0.05, 0) is 43.6 Å². The Morgan fingerprint density at radius 1 is 1.23 bits per heavy atom. The lowest BCUT2D eigenvalue weighted by Gasteiger charge is -2.24. The molecule has 1 aromatic carbocycles. The molecule has 146 valence electrons. The van der Waals surface area contributed by atoms with Crippen LogP contribution in [0.2, 0.25) is 0 Å². The predicted octanol–water partition coefficient (Wildman–Crippen LogP) is 3.19. The molecule has 1 unspecified atom stereocenters. The van der Waals surface area contributed by atoms with Crippen molar-refractivity contribution in [2.45, 2.75) is 44.6 Å². The fraction of sp³-hybridized carbons (Fsp3) is 0.650. The number of rotatable bonds is 10. The van der Waals surface area contributed by atoms with Crippen molar-refractivity contribution >= 4 is 17.7 Å². The Morgan fingerprint density at radius 2 is 2.04 bits per heavy atom. The van der Waals surface area contributed by atoms with Crippen molar-refractivity contribution in [3.8, 4) is 0 Å². The second kappa shape index (κ2) is 11.5. The highest BCUT2D eigenvalue weighted by molar-refractivity contribution is 8.00. The van der Waals surface area contributed by atoms with E-state index in [1.807, 2.05) is 14.0 Å². The molecule has 0 amide bonds. The van der Waals surface area contributed by atoms with Crippen LogP contribution in [0.25, 0.3) is 0 Å². The predicted molar refractivity (Wildman–Crippen MR) is 111 cm³/mol. The molecule has 6 heteroatoms. The molecule has 1 atom stereocenters. The number of guanidine groups is 1. The first-order chi connectivity index (χ1) is 12.6. The summed E-state index contributed by atoms with van der Waals surface area (Å²) in [6.45, 7) is 8.65. The maximum atomic E-state index is 5.65. The molecule has 0 bridgehead atoms. The van der Waals surface area contributed by atoms with Crippen LogP contribution in [-0.4, -0.2) is 49.9 Å². The van der Waals surface area contributed by atoms with Crippen molar-refractivity contribution in [1.29, 1.82) is 0 Å². The van der Waals surface area contributed by atoms with Crippen molar-refractivity contribution in [3.05, 3.63) is 35.4 Å². The maximum absolute atomic E-state index is 5.65. The summed E-state index contributed by atoms with van der Waals surface area (Å²) in [7, 11) is 1.82. The van der Waals surface area contributed by atoms with E-state index in [4.69, 9.17) is 9.47 Å². The van der Waals surface area contributed by atoms with Gasteiger partial charge in [-0.15, -0.1) is 0 Å². The molecule has 1 fully saturated rings. The fourth-order valence-corrected chi connectivity index (χ4v) is 4.18. The number of ether oxygens (including phenoxy) is 2. The van der Waals surface area contributed by atoms with Crippen LogP contribution in [0.3, 0.4) is 0 Å². The summed E-state index contributed by atoms with van der Waals surface area (Å²) < 4.78 is 11.3. The zero-order valence-electron chi connectivity index (χ0n) is 16.3. The van der Waals surface area contributed by atoms with Gasteiger partial charge in [0.15, 0.2) is 5.96 Å². The number of aliphatic imine (C=N–C) groups is 1. The summed E-state index contributed by atoms with van der Waals surface area (Å²) in [6.07, 6.45) is 2.58. The van der Waals surface area contributed by atoms with Gasteiger partial charge in [0.05, 0.1) is 19.8 Å². The van der Waals surface area contributed by atoms with Crippen LogP contribution in [0, 0.1) is 0 Å². The third-order valence-electron chi connectivity index (χ3n) is 4.45. The highest BCUT2D eigenvalue weighted by atomic mass is 32.2. The standard InChI is InChI=1S/C20H33N3O2S/c1-4-24-10-11-25-15-18-8-5-7-17(13-18)14-22-19(21-3)23-16-20(2)9-6-12-26-20/h5,7-8,13H,4,6,9-12,14-16H2,1-3H3,(H2,21,22,23). The minimum absolute atomic E-state index is 0.330. The summed E-state index contributed by atoms with van der Waals surface area (Å²) in [6, 6.07) is 8.47. The molecular weight excluding hydrogens is 346 g/mol. The summed E-state index contributed by atoms with van der Waals surface area (Å²) in [5, 5.41) is 6.88. The number of hydrogen-bond acceptors (Lipinski definition) is 4. The Hall–Kier alpha value is -1.24. The van der Waals surface area contributed by atoms with Crippen LogP contribution in [0.1, 0.15) is 37.8 Å². The van der Waals surface area contributed by atoms with Gasteiger partial charge in [-0.1, -0.05) is 24.3 Å².